The summed E-state index contributed by atoms with van der Waals surface area (Å²) in [6.07, 6.45) is 9.31. The summed E-state index contributed by atoms with van der Waals surface area (Å²) in [4.78, 5) is 25.0. The van der Waals surface area contributed by atoms with E-state index in [0.29, 0.717) is 5.41 Å². The molecule has 0 unspecified atom stereocenters. The van der Waals surface area contributed by atoms with Gasteiger partial charge < -0.3 is 10.6 Å². The summed E-state index contributed by atoms with van der Waals surface area (Å²) in [6.45, 7) is 1.94. The van der Waals surface area contributed by atoms with Crippen LogP contribution < -0.4 is 16.1 Å². The molecule has 0 bridgehead atoms. The van der Waals surface area contributed by atoms with Gasteiger partial charge in [-0.1, -0.05) is 18.2 Å². The molecule has 1 aliphatic carbocycles. The zero-order chi connectivity index (χ0) is 18.6. The molecular formula is C20H27N3O3. The molecule has 1 aromatic rings. The van der Waals surface area contributed by atoms with E-state index in [1.54, 1.807) is 11.6 Å². The number of carbonyl (C=O) groups is 2. The second kappa shape index (κ2) is 7.91. The number of hydrogen-bond donors (Lipinski definition) is 3. The molecule has 26 heavy (non-hydrogen) atoms. The highest BCUT2D eigenvalue weighted by Crippen LogP contribution is 2.47. The third-order valence-electron chi connectivity index (χ3n) is 6.07. The van der Waals surface area contributed by atoms with Crippen molar-refractivity contribution in [1.82, 2.24) is 5.48 Å². The lowest BCUT2D eigenvalue weighted by atomic mass is 9.65. The van der Waals surface area contributed by atoms with Crippen LogP contribution in [-0.4, -0.2) is 30.1 Å². The van der Waals surface area contributed by atoms with Crippen LogP contribution in [0, 0.1) is 11.3 Å². The standard InChI is InChI=1S/C20H27N3O3/c21-19(25)16-7-9-20(10-8-16)11-13-23(14-12-20)17-4-2-1-3-15(17)5-6-18(24)22-26/h1-6,16,26H,7-14H2,(H2,21,25)(H,22,24)/b6-5+. The minimum absolute atomic E-state index is 0.0576. The van der Waals surface area contributed by atoms with Crippen LogP contribution in [0.15, 0.2) is 30.3 Å². The van der Waals surface area contributed by atoms with Gasteiger partial charge in [0.15, 0.2) is 0 Å². The van der Waals surface area contributed by atoms with E-state index in [4.69, 9.17) is 10.9 Å². The third-order valence-corrected chi connectivity index (χ3v) is 6.07. The van der Waals surface area contributed by atoms with Crippen LogP contribution in [0.25, 0.3) is 6.08 Å². The van der Waals surface area contributed by atoms with Crippen LogP contribution in [-0.2, 0) is 9.59 Å². The van der Waals surface area contributed by atoms with Gasteiger partial charge in [0, 0.05) is 30.8 Å². The second-order valence-electron chi connectivity index (χ2n) is 7.53. The first-order valence-electron chi connectivity index (χ1n) is 9.28. The number of benzene rings is 1. The van der Waals surface area contributed by atoms with Crippen LogP contribution in [0.4, 0.5) is 5.69 Å². The molecule has 2 amide bonds. The lowest BCUT2D eigenvalue weighted by Gasteiger charge is -2.46. The van der Waals surface area contributed by atoms with Gasteiger partial charge in [-0.05, 0) is 61.6 Å². The van der Waals surface area contributed by atoms with E-state index < -0.39 is 5.91 Å². The van der Waals surface area contributed by atoms with Crippen LogP contribution in [0.5, 0.6) is 0 Å². The summed E-state index contributed by atoms with van der Waals surface area (Å²) >= 11 is 0. The quantitative estimate of drug-likeness (QED) is 0.438. The fourth-order valence-electron chi connectivity index (χ4n) is 4.36. The van der Waals surface area contributed by atoms with Crippen molar-refractivity contribution in [2.45, 2.75) is 38.5 Å². The lowest BCUT2D eigenvalue weighted by Crippen LogP contribution is -2.43. The first-order valence-corrected chi connectivity index (χ1v) is 9.28. The number of nitrogens with zero attached hydrogens (tertiary/aromatic N) is 1. The Kier molecular flexibility index (Phi) is 5.61. The van der Waals surface area contributed by atoms with Crippen LogP contribution in [0.3, 0.4) is 0 Å². The van der Waals surface area contributed by atoms with E-state index in [2.05, 4.69) is 11.0 Å². The number of nitrogens with one attached hydrogen (secondary N) is 1. The maximum absolute atomic E-state index is 11.4. The average Bonchev–Trinajstić information content (AvgIpc) is 2.67. The van der Waals surface area contributed by atoms with Gasteiger partial charge in [-0.15, -0.1) is 0 Å². The van der Waals surface area contributed by atoms with Crippen LogP contribution in [0.2, 0.25) is 0 Å². The number of hydrogen-bond acceptors (Lipinski definition) is 4. The van der Waals surface area contributed by atoms with Gasteiger partial charge in [-0.3, -0.25) is 14.8 Å². The molecule has 1 saturated carbocycles. The molecule has 140 valence electrons. The summed E-state index contributed by atoms with van der Waals surface area (Å²) in [5.74, 6) is -0.629. The number of hydroxylamine groups is 1. The topological polar surface area (TPSA) is 95.7 Å². The molecule has 4 N–H and O–H groups in total. The predicted molar refractivity (Wildman–Crippen MR) is 100 cm³/mol. The first-order chi connectivity index (χ1) is 12.5. The zero-order valence-electron chi connectivity index (χ0n) is 15.0. The van der Waals surface area contributed by atoms with E-state index in [1.807, 2.05) is 18.2 Å². The largest absolute Gasteiger partial charge is 0.371 e. The van der Waals surface area contributed by atoms with Crippen molar-refractivity contribution in [3.63, 3.8) is 0 Å². The molecule has 2 aliphatic rings. The summed E-state index contributed by atoms with van der Waals surface area (Å²) in [6, 6.07) is 7.98. The Balaban J connectivity index is 1.65. The molecule has 0 aromatic heterocycles. The normalized spacial score (nSPS) is 20.4. The van der Waals surface area contributed by atoms with Gasteiger partial charge >= 0.3 is 0 Å². The monoisotopic (exact) mass is 357 g/mol. The van der Waals surface area contributed by atoms with Crippen molar-refractivity contribution < 1.29 is 14.8 Å². The number of carbonyl (C=O) groups excluding carboxylic acids is 2. The molecule has 1 heterocycles. The average molecular weight is 357 g/mol. The van der Waals surface area contributed by atoms with Crippen LogP contribution in [0.1, 0.15) is 44.1 Å². The smallest absolute Gasteiger partial charge is 0.267 e. The number of anilines is 1. The summed E-state index contributed by atoms with van der Waals surface area (Å²) in [5, 5.41) is 8.63. The zero-order valence-corrected chi connectivity index (χ0v) is 15.0. The number of primary amides is 1. The Labute approximate surface area is 154 Å². The highest BCUT2D eigenvalue weighted by molar-refractivity contribution is 5.91. The molecule has 2 fully saturated rings. The number of piperidine rings is 1. The van der Waals surface area contributed by atoms with Crippen molar-refractivity contribution in [2.24, 2.45) is 17.1 Å². The van der Waals surface area contributed by atoms with Crippen molar-refractivity contribution in [2.75, 3.05) is 18.0 Å². The maximum atomic E-state index is 11.4. The van der Waals surface area contributed by atoms with Gasteiger partial charge in [0.2, 0.25) is 5.91 Å². The molecule has 1 aliphatic heterocycles. The Morgan fingerprint density at radius 2 is 1.81 bits per heavy atom. The van der Waals surface area contributed by atoms with Gasteiger partial charge in [0.05, 0.1) is 0 Å². The molecule has 0 atom stereocenters. The van der Waals surface area contributed by atoms with Gasteiger partial charge in [-0.2, -0.15) is 0 Å². The summed E-state index contributed by atoms with van der Waals surface area (Å²) < 4.78 is 0. The fourth-order valence-corrected chi connectivity index (χ4v) is 4.36. The summed E-state index contributed by atoms with van der Waals surface area (Å²) in [5.41, 5.74) is 9.49. The molecule has 0 radical (unpaired) electrons. The van der Waals surface area contributed by atoms with Crippen molar-refractivity contribution in [3.05, 3.63) is 35.9 Å². The van der Waals surface area contributed by atoms with Crippen molar-refractivity contribution in [1.29, 1.82) is 0 Å². The molecule has 1 spiro atoms. The van der Waals surface area contributed by atoms with E-state index in [-0.39, 0.29) is 11.8 Å². The third kappa shape index (κ3) is 4.07. The molecule has 1 aromatic carbocycles. The SMILES string of the molecule is NC(=O)C1CCC2(CC1)CCN(c1ccccc1/C=C/C(=O)NO)CC2. The summed E-state index contributed by atoms with van der Waals surface area (Å²) in [7, 11) is 0. The number of rotatable bonds is 4. The van der Waals surface area contributed by atoms with E-state index >= 15 is 0 Å². The Morgan fingerprint density at radius 1 is 1.15 bits per heavy atom. The lowest BCUT2D eigenvalue weighted by molar-refractivity contribution is -0.124. The van der Waals surface area contributed by atoms with E-state index in [0.717, 1.165) is 62.9 Å². The number of nitrogens with two attached hydrogens (primary N) is 1. The molecule has 3 rings (SSSR count). The second-order valence-corrected chi connectivity index (χ2v) is 7.53. The minimum Gasteiger partial charge on any atom is -0.371 e. The molecular weight excluding hydrogens is 330 g/mol. The highest BCUT2D eigenvalue weighted by atomic mass is 16.5. The van der Waals surface area contributed by atoms with Crippen molar-refractivity contribution >= 4 is 23.6 Å². The number of para-hydroxylation sites is 1. The van der Waals surface area contributed by atoms with Gasteiger partial charge in [-0.25, -0.2) is 5.48 Å². The number of amides is 2. The maximum Gasteiger partial charge on any atom is 0.267 e. The Hall–Kier alpha value is -2.34. The van der Waals surface area contributed by atoms with E-state index in [9.17, 15) is 9.59 Å². The molecule has 1 saturated heterocycles. The molecule has 6 heteroatoms. The van der Waals surface area contributed by atoms with Crippen molar-refractivity contribution in [3.8, 4) is 0 Å². The Morgan fingerprint density at radius 3 is 2.42 bits per heavy atom. The fraction of sp³-hybridized carbons (Fsp3) is 0.500. The predicted octanol–water partition coefficient (Wildman–Crippen LogP) is 2.47. The highest BCUT2D eigenvalue weighted by Gasteiger charge is 2.39. The minimum atomic E-state index is -0.538. The van der Waals surface area contributed by atoms with Gasteiger partial charge in [0.25, 0.3) is 5.91 Å². The van der Waals surface area contributed by atoms with Crippen LogP contribution >= 0.6 is 0 Å². The Bertz CT molecular complexity index is 683. The first kappa shape index (κ1) is 18.5. The van der Waals surface area contributed by atoms with E-state index in [1.165, 1.54) is 6.08 Å². The molecule has 6 nitrogen and oxygen atoms in total. The van der Waals surface area contributed by atoms with Gasteiger partial charge in [0.1, 0.15) is 0 Å².